The molecule has 1 atom stereocenters. The van der Waals surface area contributed by atoms with Crippen molar-refractivity contribution in [2.24, 2.45) is 0 Å². The first kappa shape index (κ1) is 11.7. The topological polar surface area (TPSA) is 65.0 Å². The minimum Gasteiger partial charge on any atom is -0.464 e. The van der Waals surface area contributed by atoms with Gasteiger partial charge in [0.1, 0.15) is 5.82 Å². The number of halogens is 1. The molecular formula is C11H11FO5. The molecule has 1 aromatic carbocycles. The van der Waals surface area contributed by atoms with Crippen molar-refractivity contribution in [3.63, 3.8) is 0 Å². The summed E-state index contributed by atoms with van der Waals surface area (Å²) >= 11 is 0. The van der Waals surface area contributed by atoms with Crippen LogP contribution in [0.15, 0.2) is 12.1 Å². The minimum atomic E-state index is -1.72. The number of benzene rings is 1. The highest BCUT2D eigenvalue weighted by atomic mass is 19.1. The van der Waals surface area contributed by atoms with Gasteiger partial charge in [-0.05, 0) is 19.1 Å². The summed E-state index contributed by atoms with van der Waals surface area (Å²) < 4.78 is 28.3. The molecule has 2 rings (SSSR count). The number of hydrogen-bond donors (Lipinski definition) is 1. The average Bonchev–Trinajstić information content (AvgIpc) is 2.76. The molecule has 0 aliphatic carbocycles. The maximum atomic E-state index is 13.6. The lowest BCUT2D eigenvalue weighted by Gasteiger charge is -2.12. The van der Waals surface area contributed by atoms with Crippen molar-refractivity contribution >= 4 is 5.97 Å². The summed E-state index contributed by atoms with van der Waals surface area (Å²) in [5.41, 5.74) is -0.251. The third kappa shape index (κ3) is 2.03. The van der Waals surface area contributed by atoms with Crippen LogP contribution in [0.1, 0.15) is 18.6 Å². The molecule has 92 valence electrons. The van der Waals surface area contributed by atoms with Gasteiger partial charge in [-0.15, -0.1) is 0 Å². The largest absolute Gasteiger partial charge is 0.464 e. The fourth-order valence-electron chi connectivity index (χ4n) is 1.56. The zero-order chi connectivity index (χ0) is 12.4. The van der Waals surface area contributed by atoms with Crippen molar-refractivity contribution in [1.82, 2.24) is 0 Å². The Bertz CT molecular complexity index is 446. The van der Waals surface area contributed by atoms with E-state index < -0.39 is 17.9 Å². The molecule has 0 bridgehead atoms. The highest BCUT2D eigenvalue weighted by Crippen LogP contribution is 2.40. The fraction of sp³-hybridized carbons (Fsp3) is 0.364. The maximum absolute atomic E-state index is 13.6. The van der Waals surface area contributed by atoms with E-state index in [4.69, 9.17) is 9.47 Å². The average molecular weight is 242 g/mol. The third-order valence-electron chi connectivity index (χ3n) is 2.31. The van der Waals surface area contributed by atoms with Crippen LogP contribution >= 0.6 is 0 Å². The molecule has 0 aromatic heterocycles. The number of hydrogen-bond acceptors (Lipinski definition) is 5. The van der Waals surface area contributed by atoms with Crippen LogP contribution in [0.5, 0.6) is 11.5 Å². The van der Waals surface area contributed by atoms with Crippen LogP contribution < -0.4 is 9.47 Å². The van der Waals surface area contributed by atoms with Crippen molar-refractivity contribution in [1.29, 1.82) is 0 Å². The van der Waals surface area contributed by atoms with E-state index in [1.165, 1.54) is 6.07 Å². The smallest absolute Gasteiger partial charge is 0.339 e. The van der Waals surface area contributed by atoms with E-state index in [0.717, 1.165) is 6.07 Å². The summed E-state index contributed by atoms with van der Waals surface area (Å²) in [6.07, 6.45) is -1.72. The molecule has 17 heavy (non-hydrogen) atoms. The lowest BCUT2D eigenvalue weighted by Crippen LogP contribution is -2.17. The van der Waals surface area contributed by atoms with Gasteiger partial charge >= 0.3 is 5.97 Å². The zero-order valence-corrected chi connectivity index (χ0v) is 9.10. The van der Waals surface area contributed by atoms with Gasteiger partial charge in [0, 0.05) is 0 Å². The Labute approximate surface area is 96.7 Å². The highest BCUT2D eigenvalue weighted by Gasteiger charge is 2.30. The second-order valence-corrected chi connectivity index (χ2v) is 3.35. The zero-order valence-electron chi connectivity index (χ0n) is 9.10. The van der Waals surface area contributed by atoms with Crippen LogP contribution in [0.4, 0.5) is 4.39 Å². The molecule has 1 aliphatic heterocycles. The Morgan fingerprint density at radius 2 is 2.35 bits per heavy atom. The van der Waals surface area contributed by atoms with Gasteiger partial charge in [-0.1, -0.05) is 0 Å². The molecule has 1 aromatic rings. The predicted octanol–water partition coefficient (Wildman–Crippen LogP) is 1.15. The first-order chi connectivity index (χ1) is 8.15. The number of fused-ring (bicyclic) bond motifs is 1. The van der Waals surface area contributed by atoms with Crippen LogP contribution in [0, 0.1) is 5.82 Å². The predicted molar refractivity (Wildman–Crippen MR) is 54.1 cm³/mol. The summed E-state index contributed by atoms with van der Waals surface area (Å²) in [6, 6.07) is 2.48. The Kier molecular flexibility index (Phi) is 3.14. The van der Waals surface area contributed by atoms with E-state index in [1.54, 1.807) is 6.92 Å². The number of carbonyl (C=O) groups excluding carboxylic acids is 1. The molecule has 1 unspecified atom stereocenters. The Hall–Kier alpha value is -1.82. The van der Waals surface area contributed by atoms with Crippen molar-refractivity contribution in [3.8, 4) is 11.5 Å². The van der Waals surface area contributed by atoms with E-state index in [9.17, 15) is 14.3 Å². The molecular weight excluding hydrogens is 231 g/mol. The van der Waals surface area contributed by atoms with Gasteiger partial charge in [0.05, 0.1) is 12.2 Å². The molecule has 1 heterocycles. The molecule has 1 aliphatic rings. The van der Waals surface area contributed by atoms with E-state index in [2.05, 4.69) is 4.74 Å². The number of esters is 1. The summed E-state index contributed by atoms with van der Waals surface area (Å²) in [4.78, 5) is 11.4. The summed E-state index contributed by atoms with van der Waals surface area (Å²) in [7, 11) is 0. The Morgan fingerprint density at radius 1 is 1.59 bits per heavy atom. The first-order valence-corrected chi connectivity index (χ1v) is 5.07. The number of carbonyl (C=O) groups is 1. The number of rotatable bonds is 3. The maximum Gasteiger partial charge on any atom is 0.339 e. The van der Waals surface area contributed by atoms with Gasteiger partial charge in [-0.3, -0.25) is 0 Å². The second-order valence-electron chi connectivity index (χ2n) is 3.35. The highest BCUT2D eigenvalue weighted by molar-refractivity contribution is 5.78. The van der Waals surface area contributed by atoms with Crippen molar-refractivity contribution in [2.45, 2.75) is 13.0 Å². The number of aliphatic hydroxyl groups excluding tert-OH is 1. The SMILES string of the molecule is CCOC(=O)C(O)c1c(F)ccc2c1OCO2. The van der Waals surface area contributed by atoms with Gasteiger partial charge in [0.25, 0.3) is 0 Å². The first-order valence-electron chi connectivity index (χ1n) is 5.07. The molecule has 0 saturated carbocycles. The van der Waals surface area contributed by atoms with Gasteiger partial charge in [0.15, 0.2) is 17.6 Å². The third-order valence-corrected chi connectivity index (χ3v) is 2.31. The normalized spacial score (nSPS) is 14.5. The minimum absolute atomic E-state index is 0.0468. The summed E-state index contributed by atoms with van der Waals surface area (Å²) in [6.45, 7) is 1.63. The van der Waals surface area contributed by atoms with Crippen molar-refractivity contribution in [3.05, 3.63) is 23.5 Å². The second kappa shape index (κ2) is 4.58. The van der Waals surface area contributed by atoms with Crippen LogP contribution in [0.3, 0.4) is 0 Å². The van der Waals surface area contributed by atoms with E-state index in [1.807, 2.05) is 0 Å². The van der Waals surface area contributed by atoms with Gasteiger partial charge in [0.2, 0.25) is 6.79 Å². The quantitative estimate of drug-likeness (QED) is 0.805. The molecule has 6 heteroatoms. The van der Waals surface area contributed by atoms with Crippen LogP contribution in [-0.4, -0.2) is 24.5 Å². The van der Waals surface area contributed by atoms with Crippen molar-refractivity contribution < 1.29 is 28.5 Å². The van der Waals surface area contributed by atoms with Crippen LogP contribution in [0.2, 0.25) is 0 Å². The van der Waals surface area contributed by atoms with E-state index in [-0.39, 0.29) is 24.7 Å². The lowest BCUT2D eigenvalue weighted by molar-refractivity contribution is -0.153. The molecule has 1 N–H and O–H groups in total. The van der Waals surface area contributed by atoms with E-state index in [0.29, 0.717) is 5.75 Å². The summed E-state index contributed by atoms with van der Waals surface area (Å²) in [5.74, 6) is -1.32. The van der Waals surface area contributed by atoms with Gasteiger partial charge in [-0.25, -0.2) is 9.18 Å². The number of ether oxygens (including phenoxy) is 3. The molecule has 0 radical (unpaired) electrons. The summed E-state index contributed by atoms with van der Waals surface area (Å²) in [5, 5.41) is 9.72. The molecule has 5 nitrogen and oxygen atoms in total. The Balaban J connectivity index is 2.38. The van der Waals surface area contributed by atoms with Crippen molar-refractivity contribution in [2.75, 3.05) is 13.4 Å². The standard InChI is InChI=1S/C11H11FO5/c1-2-15-11(14)9(13)8-6(12)3-4-7-10(8)17-5-16-7/h3-4,9,13H,2,5H2,1H3. The fourth-order valence-corrected chi connectivity index (χ4v) is 1.56. The van der Waals surface area contributed by atoms with Crippen LogP contribution in [-0.2, 0) is 9.53 Å². The Morgan fingerprint density at radius 3 is 3.06 bits per heavy atom. The molecule has 0 spiro atoms. The lowest BCUT2D eigenvalue weighted by atomic mass is 10.1. The van der Waals surface area contributed by atoms with Gasteiger partial charge < -0.3 is 19.3 Å². The molecule has 0 fully saturated rings. The van der Waals surface area contributed by atoms with E-state index >= 15 is 0 Å². The van der Waals surface area contributed by atoms with Gasteiger partial charge in [-0.2, -0.15) is 0 Å². The number of aliphatic hydroxyl groups is 1. The molecule has 0 saturated heterocycles. The van der Waals surface area contributed by atoms with Crippen LogP contribution in [0.25, 0.3) is 0 Å². The monoisotopic (exact) mass is 242 g/mol. The molecule has 0 amide bonds.